The van der Waals surface area contributed by atoms with E-state index >= 15 is 0 Å². The fourth-order valence-corrected chi connectivity index (χ4v) is 5.10. The zero-order valence-corrected chi connectivity index (χ0v) is 23.6. The van der Waals surface area contributed by atoms with Crippen molar-refractivity contribution in [2.75, 3.05) is 66.1 Å². The van der Waals surface area contributed by atoms with Crippen molar-refractivity contribution in [1.29, 1.82) is 0 Å². The van der Waals surface area contributed by atoms with Gasteiger partial charge >= 0.3 is 172 Å². The smallest absolute Gasteiger partial charge is 2.00 e. The Balaban J connectivity index is 0. The van der Waals surface area contributed by atoms with Gasteiger partial charge < -0.3 is 13.5 Å². The molecule has 0 heterocycles. The first-order valence-electron chi connectivity index (χ1n) is 11.5. The number of hydrogen-bond acceptors (Lipinski definition) is 8. The predicted octanol–water partition coefficient (Wildman–Crippen LogP) is 3.06. The molecule has 0 aliphatic carbocycles. The summed E-state index contributed by atoms with van der Waals surface area (Å²) in [5.41, 5.74) is 0. The Kier molecular flexibility index (Phi) is 30.9. The van der Waals surface area contributed by atoms with E-state index in [0.29, 0.717) is 52.5 Å². The summed E-state index contributed by atoms with van der Waals surface area (Å²) in [7, 11) is 0. The van der Waals surface area contributed by atoms with Crippen molar-refractivity contribution in [1.82, 2.24) is 0 Å². The second-order valence-electron chi connectivity index (χ2n) is 6.85. The molecule has 188 valence electrons. The van der Waals surface area contributed by atoms with Crippen LogP contribution in [-0.4, -0.2) is 99.1 Å². The van der Waals surface area contributed by atoms with Crippen LogP contribution in [0.1, 0.15) is 52.4 Å². The van der Waals surface area contributed by atoms with Crippen LogP contribution in [0.25, 0.3) is 0 Å². The van der Waals surface area contributed by atoms with Gasteiger partial charge in [-0.15, -0.1) is 0 Å². The monoisotopic (exact) mass is 586 g/mol. The summed E-state index contributed by atoms with van der Waals surface area (Å²) in [6.07, 6.45) is 5.22. The maximum atomic E-state index is 11.7. The summed E-state index contributed by atoms with van der Waals surface area (Å²) in [6.45, 7) is 9.30. The van der Waals surface area contributed by atoms with E-state index in [4.69, 9.17) is 28.4 Å². The number of unbranched alkanes of at least 4 members (excludes halogenated alkanes) is 2. The van der Waals surface area contributed by atoms with Crippen molar-refractivity contribution in [3.05, 3.63) is 0 Å². The Morgan fingerprint density at radius 2 is 0.906 bits per heavy atom. The molecule has 0 atom stereocenters. The molecule has 0 bridgehead atoms. The van der Waals surface area contributed by atoms with Crippen LogP contribution in [0.4, 0.5) is 0 Å². The molecular formula is C22H42O8SSn. The van der Waals surface area contributed by atoms with Gasteiger partial charge in [0, 0.05) is 0 Å². The Morgan fingerprint density at radius 3 is 1.28 bits per heavy atom. The Morgan fingerprint density at radius 1 is 0.562 bits per heavy atom. The van der Waals surface area contributed by atoms with E-state index in [0.717, 1.165) is 47.8 Å². The van der Waals surface area contributed by atoms with Gasteiger partial charge in [-0.05, 0) is 0 Å². The van der Waals surface area contributed by atoms with E-state index in [9.17, 15) is 9.59 Å². The first kappa shape index (κ1) is 34.1. The summed E-state index contributed by atoms with van der Waals surface area (Å²) in [4.78, 5) is 23.3. The molecule has 32 heavy (non-hydrogen) atoms. The third-order valence-corrected chi connectivity index (χ3v) is 7.47. The van der Waals surface area contributed by atoms with Crippen LogP contribution in [0.15, 0.2) is 0 Å². The van der Waals surface area contributed by atoms with Crippen LogP contribution in [0.3, 0.4) is 0 Å². The minimum atomic E-state index is -0.745. The Hall–Kier alpha value is -0.0713. The van der Waals surface area contributed by atoms with E-state index in [1.165, 1.54) is 0 Å². The van der Waals surface area contributed by atoms with Crippen LogP contribution >= 0.6 is 0 Å². The molecule has 0 rings (SSSR count). The fraction of sp³-hybridized carbons (Fsp3) is 0.909. The molecule has 8 nitrogen and oxygen atoms in total. The Bertz CT molecular complexity index is 379. The van der Waals surface area contributed by atoms with Crippen molar-refractivity contribution in [2.24, 2.45) is 0 Å². The van der Waals surface area contributed by atoms with Crippen LogP contribution in [0.5, 0.6) is 0 Å². The summed E-state index contributed by atoms with van der Waals surface area (Å²) >= 11 is -0.745. The van der Waals surface area contributed by atoms with Gasteiger partial charge in [0.2, 0.25) is 0 Å². The van der Waals surface area contributed by atoms with Crippen LogP contribution in [0, 0.1) is 0 Å². The summed E-state index contributed by atoms with van der Waals surface area (Å²) in [5.74, 6) is -0.385. The third-order valence-electron chi connectivity index (χ3n) is 4.02. The van der Waals surface area contributed by atoms with Gasteiger partial charge in [0.05, 0.1) is 0 Å². The number of carbonyl (C=O) groups excluding carboxylic acids is 2. The van der Waals surface area contributed by atoms with Gasteiger partial charge in [-0.25, -0.2) is 0 Å². The van der Waals surface area contributed by atoms with Crippen molar-refractivity contribution in [3.63, 3.8) is 0 Å². The fourth-order valence-electron chi connectivity index (χ4n) is 2.22. The average Bonchev–Trinajstić information content (AvgIpc) is 2.76. The molecule has 0 N–H and O–H groups in total. The maximum absolute atomic E-state index is 11.7. The van der Waals surface area contributed by atoms with Crippen LogP contribution in [-0.2, 0) is 51.5 Å². The molecule has 0 aromatic carbocycles. The molecule has 0 saturated heterocycles. The van der Waals surface area contributed by atoms with Gasteiger partial charge in [0.1, 0.15) is 0 Å². The van der Waals surface area contributed by atoms with Crippen LogP contribution < -0.4 is 0 Å². The Labute approximate surface area is 211 Å². The van der Waals surface area contributed by atoms with Gasteiger partial charge in [-0.2, -0.15) is 0 Å². The number of carbonyl (C=O) groups is 2. The summed E-state index contributed by atoms with van der Waals surface area (Å²) < 4.78 is 33.4. The molecule has 0 aliphatic rings. The predicted molar refractivity (Wildman–Crippen MR) is 127 cm³/mol. The van der Waals surface area contributed by atoms with Gasteiger partial charge in [0.25, 0.3) is 0 Å². The number of hydrogen-bond donors (Lipinski definition) is 0. The first-order valence-corrected chi connectivity index (χ1v) is 15.6. The van der Waals surface area contributed by atoms with Crippen molar-refractivity contribution in [2.45, 2.75) is 61.2 Å². The molecular weight excluding hydrogens is 543 g/mol. The van der Waals surface area contributed by atoms with Gasteiger partial charge in [-0.3, -0.25) is 0 Å². The minimum absolute atomic E-state index is 0. The second-order valence-corrected chi connectivity index (χ2v) is 11.1. The van der Waals surface area contributed by atoms with E-state index in [2.05, 4.69) is 13.8 Å². The molecule has 0 saturated carbocycles. The SMILES string of the molecule is CCCCOCCOCCOC(=O)C[CH2][Sn+2][CH2]CC(=O)OCCOCCOCCCC.[S-2]. The van der Waals surface area contributed by atoms with Crippen molar-refractivity contribution in [3.8, 4) is 0 Å². The molecule has 0 spiro atoms. The molecule has 0 aromatic heterocycles. The molecule has 0 aliphatic heterocycles. The van der Waals surface area contributed by atoms with Crippen molar-refractivity contribution >= 4 is 46.6 Å². The standard InChI is InChI=1S/2C11H21O4.S.Sn/c2*1-3-5-6-13-7-8-14-9-10-15-11(12)4-2;;/h2*2-10H2,1H3;;/q;;-2;+2. The van der Waals surface area contributed by atoms with E-state index in [-0.39, 0.29) is 38.6 Å². The second kappa shape index (κ2) is 29.0. The van der Waals surface area contributed by atoms with E-state index < -0.39 is 21.1 Å². The number of esters is 2. The average molecular weight is 585 g/mol. The third kappa shape index (κ3) is 28.0. The molecule has 0 fully saturated rings. The van der Waals surface area contributed by atoms with Crippen molar-refractivity contribution < 1.29 is 38.0 Å². The van der Waals surface area contributed by atoms with E-state index in [1.807, 2.05) is 0 Å². The number of rotatable bonds is 24. The molecule has 0 amide bonds. The first-order chi connectivity index (χ1) is 15.2. The quantitative estimate of drug-likeness (QED) is 0.0971. The van der Waals surface area contributed by atoms with Crippen LogP contribution in [0.2, 0.25) is 8.87 Å². The summed E-state index contributed by atoms with van der Waals surface area (Å²) in [6, 6.07) is 0. The molecule has 0 aromatic rings. The van der Waals surface area contributed by atoms with E-state index in [1.54, 1.807) is 0 Å². The molecule has 0 unspecified atom stereocenters. The zero-order valence-electron chi connectivity index (χ0n) is 19.9. The topological polar surface area (TPSA) is 89.5 Å². The van der Waals surface area contributed by atoms with Gasteiger partial charge in [-0.1, -0.05) is 26.7 Å². The zero-order chi connectivity index (χ0) is 22.8. The summed E-state index contributed by atoms with van der Waals surface area (Å²) in [5, 5.41) is 0. The molecule has 10 heteroatoms. The normalized spacial score (nSPS) is 10.3. The van der Waals surface area contributed by atoms with Gasteiger partial charge in [0.15, 0.2) is 0 Å². The number of ether oxygens (including phenoxy) is 6. The minimum Gasteiger partial charge on any atom is -2.00 e. The molecule has 0 radical (unpaired) electrons.